The molecular formula is C10H15N9. The van der Waals surface area contributed by atoms with Crippen molar-refractivity contribution < 1.29 is 0 Å². The van der Waals surface area contributed by atoms with Gasteiger partial charge in [0, 0.05) is 13.1 Å². The molecule has 2 aromatic rings. The molecule has 0 radical (unpaired) electrons. The minimum atomic E-state index is 0.315. The molecule has 1 aliphatic rings. The van der Waals surface area contributed by atoms with Gasteiger partial charge in [-0.05, 0) is 12.3 Å². The Morgan fingerprint density at radius 2 is 2.16 bits per heavy atom. The molecule has 0 saturated carbocycles. The fourth-order valence-corrected chi connectivity index (χ4v) is 2.09. The van der Waals surface area contributed by atoms with E-state index < -0.39 is 0 Å². The van der Waals surface area contributed by atoms with Crippen LogP contribution in [-0.4, -0.2) is 42.8 Å². The van der Waals surface area contributed by atoms with E-state index in [0.29, 0.717) is 23.8 Å². The molecule has 1 saturated heterocycles. The van der Waals surface area contributed by atoms with Crippen molar-refractivity contribution in [3.63, 3.8) is 0 Å². The Kier molecular flexibility index (Phi) is 2.95. The molecule has 3 heterocycles. The first-order valence-corrected chi connectivity index (χ1v) is 6.09. The first-order chi connectivity index (χ1) is 9.26. The quantitative estimate of drug-likeness (QED) is 0.566. The molecule has 0 aliphatic carbocycles. The summed E-state index contributed by atoms with van der Waals surface area (Å²) in [5.74, 6) is 7.36. The highest BCUT2D eigenvalue weighted by Gasteiger charge is 2.22. The number of hydrogen-bond donors (Lipinski definition) is 2. The number of nitrogen functional groups attached to an aromatic ring is 1. The molecule has 2 aromatic heterocycles. The molecule has 19 heavy (non-hydrogen) atoms. The van der Waals surface area contributed by atoms with Gasteiger partial charge in [0.25, 0.3) is 5.95 Å². The highest BCUT2D eigenvalue weighted by Crippen LogP contribution is 2.21. The SMILES string of the molecule is CC1CCN(c2nc(NN)nc(-n3cncn3)n2)C1. The first-order valence-electron chi connectivity index (χ1n) is 6.09. The van der Waals surface area contributed by atoms with Crippen LogP contribution in [0.15, 0.2) is 12.7 Å². The summed E-state index contributed by atoms with van der Waals surface area (Å²) < 4.78 is 1.48. The van der Waals surface area contributed by atoms with Crippen molar-refractivity contribution in [2.24, 2.45) is 11.8 Å². The second-order valence-corrected chi connectivity index (χ2v) is 4.58. The highest BCUT2D eigenvalue weighted by atomic mass is 15.4. The van der Waals surface area contributed by atoms with Crippen LogP contribution < -0.4 is 16.2 Å². The fraction of sp³-hybridized carbons (Fsp3) is 0.500. The molecule has 0 bridgehead atoms. The molecular weight excluding hydrogens is 246 g/mol. The molecule has 3 rings (SSSR count). The van der Waals surface area contributed by atoms with Crippen LogP contribution in [0.1, 0.15) is 13.3 Å². The first kappa shape index (κ1) is 11.8. The Morgan fingerprint density at radius 1 is 1.32 bits per heavy atom. The number of nitrogens with two attached hydrogens (primary N) is 1. The summed E-state index contributed by atoms with van der Waals surface area (Å²) in [4.78, 5) is 18.9. The van der Waals surface area contributed by atoms with Gasteiger partial charge in [-0.1, -0.05) is 6.92 Å². The van der Waals surface area contributed by atoms with Crippen LogP contribution in [0, 0.1) is 5.92 Å². The van der Waals surface area contributed by atoms with E-state index in [1.54, 1.807) is 0 Å². The minimum absolute atomic E-state index is 0.315. The number of nitrogens with zero attached hydrogens (tertiary/aromatic N) is 7. The summed E-state index contributed by atoms with van der Waals surface area (Å²) in [5.41, 5.74) is 2.45. The van der Waals surface area contributed by atoms with Gasteiger partial charge >= 0.3 is 0 Å². The van der Waals surface area contributed by atoms with E-state index in [1.165, 1.54) is 17.3 Å². The summed E-state index contributed by atoms with van der Waals surface area (Å²) in [7, 11) is 0. The van der Waals surface area contributed by atoms with Gasteiger partial charge in [0.1, 0.15) is 12.7 Å². The van der Waals surface area contributed by atoms with E-state index in [0.717, 1.165) is 19.5 Å². The molecule has 3 N–H and O–H groups in total. The molecule has 1 fully saturated rings. The van der Waals surface area contributed by atoms with E-state index in [4.69, 9.17) is 5.84 Å². The summed E-state index contributed by atoms with van der Waals surface area (Å²) >= 11 is 0. The van der Waals surface area contributed by atoms with Crippen molar-refractivity contribution in [2.45, 2.75) is 13.3 Å². The van der Waals surface area contributed by atoms with Gasteiger partial charge < -0.3 is 4.90 Å². The third kappa shape index (κ3) is 2.32. The largest absolute Gasteiger partial charge is 0.340 e. The molecule has 100 valence electrons. The maximum absolute atomic E-state index is 5.40. The van der Waals surface area contributed by atoms with Crippen molar-refractivity contribution in [3.8, 4) is 5.95 Å². The summed E-state index contributed by atoms with van der Waals surface area (Å²) in [6, 6.07) is 0. The van der Waals surface area contributed by atoms with Crippen LogP contribution in [0.3, 0.4) is 0 Å². The normalized spacial score (nSPS) is 18.8. The van der Waals surface area contributed by atoms with Crippen molar-refractivity contribution in [1.82, 2.24) is 29.7 Å². The summed E-state index contributed by atoms with van der Waals surface area (Å²) in [6.45, 7) is 4.08. The zero-order chi connectivity index (χ0) is 13.2. The Morgan fingerprint density at radius 3 is 2.79 bits per heavy atom. The predicted molar refractivity (Wildman–Crippen MR) is 68.5 cm³/mol. The Balaban J connectivity index is 1.98. The number of hydrazine groups is 1. The van der Waals surface area contributed by atoms with Gasteiger partial charge in [0.05, 0.1) is 0 Å². The van der Waals surface area contributed by atoms with Crippen LogP contribution in [0.4, 0.5) is 11.9 Å². The van der Waals surface area contributed by atoms with Gasteiger partial charge in [-0.3, -0.25) is 5.43 Å². The maximum atomic E-state index is 5.40. The average Bonchev–Trinajstić information content (AvgIpc) is 3.09. The van der Waals surface area contributed by atoms with Crippen LogP contribution in [0.2, 0.25) is 0 Å². The highest BCUT2D eigenvalue weighted by molar-refractivity contribution is 5.40. The smallest absolute Gasteiger partial charge is 0.258 e. The van der Waals surface area contributed by atoms with E-state index >= 15 is 0 Å². The Hall–Kier alpha value is -2.29. The lowest BCUT2D eigenvalue weighted by atomic mass is 10.2. The van der Waals surface area contributed by atoms with Crippen molar-refractivity contribution in [1.29, 1.82) is 0 Å². The lowest BCUT2D eigenvalue weighted by molar-refractivity contribution is 0.657. The molecule has 0 aromatic carbocycles. The maximum Gasteiger partial charge on any atom is 0.258 e. The zero-order valence-electron chi connectivity index (χ0n) is 10.6. The van der Waals surface area contributed by atoms with Crippen LogP contribution in [-0.2, 0) is 0 Å². The zero-order valence-corrected chi connectivity index (χ0v) is 10.6. The van der Waals surface area contributed by atoms with Crippen LogP contribution in [0.25, 0.3) is 5.95 Å². The van der Waals surface area contributed by atoms with Gasteiger partial charge in [-0.25, -0.2) is 10.8 Å². The van der Waals surface area contributed by atoms with Gasteiger partial charge in [-0.15, -0.1) is 0 Å². The Labute approximate surface area is 109 Å². The average molecular weight is 261 g/mol. The topological polar surface area (TPSA) is 111 Å². The summed E-state index contributed by atoms with van der Waals surface area (Å²) in [6.07, 6.45) is 4.10. The summed E-state index contributed by atoms with van der Waals surface area (Å²) in [5, 5.41) is 4.01. The van der Waals surface area contributed by atoms with Gasteiger partial charge in [-0.2, -0.15) is 24.7 Å². The van der Waals surface area contributed by atoms with Crippen LogP contribution in [0.5, 0.6) is 0 Å². The number of nitrogens with one attached hydrogen (secondary N) is 1. The second-order valence-electron chi connectivity index (χ2n) is 4.58. The van der Waals surface area contributed by atoms with E-state index in [2.05, 4.69) is 42.3 Å². The van der Waals surface area contributed by atoms with E-state index in [1.807, 2.05) is 0 Å². The monoisotopic (exact) mass is 261 g/mol. The second kappa shape index (κ2) is 4.76. The number of aromatic nitrogens is 6. The predicted octanol–water partition coefficient (Wildman–Crippen LogP) is -0.416. The standard InChI is InChI=1S/C10H15N9/c1-7-2-3-18(4-7)9-14-8(17-11)15-10(16-9)19-6-12-5-13-19/h5-7H,2-4,11H2,1H3,(H,14,15,16,17). The lowest BCUT2D eigenvalue weighted by Crippen LogP contribution is -2.24. The van der Waals surface area contributed by atoms with Crippen molar-refractivity contribution in [2.75, 3.05) is 23.4 Å². The molecule has 0 spiro atoms. The number of hydrogen-bond acceptors (Lipinski definition) is 8. The lowest BCUT2D eigenvalue weighted by Gasteiger charge is -2.16. The molecule has 1 aliphatic heterocycles. The molecule has 9 heteroatoms. The third-order valence-corrected chi connectivity index (χ3v) is 3.07. The number of rotatable bonds is 3. The minimum Gasteiger partial charge on any atom is -0.340 e. The van der Waals surface area contributed by atoms with E-state index in [-0.39, 0.29) is 0 Å². The van der Waals surface area contributed by atoms with Gasteiger partial charge in [0.15, 0.2) is 0 Å². The van der Waals surface area contributed by atoms with Crippen molar-refractivity contribution >= 4 is 11.9 Å². The van der Waals surface area contributed by atoms with Crippen LogP contribution >= 0.6 is 0 Å². The Bertz CT molecular complexity index is 552. The molecule has 9 nitrogen and oxygen atoms in total. The van der Waals surface area contributed by atoms with Crippen molar-refractivity contribution in [3.05, 3.63) is 12.7 Å². The third-order valence-electron chi connectivity index (χ3n) is 3.07. The molecule has 1 atom stereocenters. The number of anilines is 2. The fourth-order valence-electron chi connectivity index (χ4n) is 2.09. The van der Waals surface area contributed by atoms with E-state index in [9.17, 15) is 0 Å². The molecule has 1 unspecified atom stereocenters. The molecule has 0 amide bonds. The van der Waals surface area contributed by atoms with Gasteiger partial charge in [0.2, 0.25) is 11.9 Å².